The zero-order chi connectivity index (χ0) is 23.8. The number of carbonyl (C=O) groups excluding carboxylic acids is 3. The number of urea groups is 1. The van der Waals surface area contributed by atoms with Crippen LogP contribution in [0.4, 0.5) is 29.3 Å². The lowest BCUT2D eigenvalue weighted by molar-refractivity contribution is -0.137. The third-order valence-corrected chi connectivity index (χ3v) is 5.89. The molecule has 1 aromatic heterocycles. The lowest BCUT2D eigenvalue weighted by Crippen LogP contribution is -2.42. The van der Waals surface area contributed by atoms with Gasteiger partial charge in [0.2, 0.25) is 5.91 Å². The van der Waals surface area contributed by atoms with E-state index in [0.717, 1.165) is 31.4 Å². The lowest BCUT2D eigenvalue weighted by Gasteiger charge is -2.31. The van der Waals surface area contributed by atoms with Crippen molar-refractivity contribution in [1.29, 1.82) is 0 Å². The summed E-state index contributed by atoms with van der Waals surface area (Å²) in [4.78, 5) is 40.6. The molecular formula is C22H23F3N4O4. The molecule has 2 aliphatic rings. The van der Waals surface area contributed by atoms with E-state index in [-0.39, 0.29) is 11.4 Å². The van der Waals surface area contributed by atoms with Crippen molar-refractivity contribution < 1.29 is 32.0 Å². The van der Waals surface area contributed by atoms with Crippen molar-refractivity contribution in [2.24, 2.45) is 0 Å². The van der Waals surface area contributed by atoms with Crippen molar-refractivity contribution in [3.63, 3.8) is 0 Å². The number of hydrogen-bond acceptors (Lipinski definition) is 5. The van der Waals surface area contributed by atoms with Crippen LogP contribution in [0.15, 0.2) is 41.0 Å². The highest BCUT2D eigenvalue weighted by molar-refractivity contribution is 6.10. The Kier molecular flexibility index (Phi) is 5.81. The molecule has 0 bridgehead atoms. The fourth-order valence-corrected chi connectivity index (χ4v) is 4.13. The van der Waals surface area contributed by atoms with Crippen molar-refractivity contribution >= 4 is 29.2 Å². The molecule has 8 nitrogen and oxygen atoms in total. The Morgan fingerprint density at radius 1 is 1.18 bits per heavy atom. The molecule has 4 rings (SSSR count). The minimum Gasteiger partial charge on any atom is -0.466 e. The maximum absolute atomic E-state index is 13.3. The molecule has 33 heavy (non-hydrogen) atoms. The van der Waals surface area contributed by atoms with Crippen LogP contribution in [-0.4, -0.2) is 42.4 Å². The second-order valence-corrected chi connectivity index (χ2v) is 8.25. The zero-order valence-electron chi connectivity index (χ0n) is 17.9. The summed E-state index contributed by atoms with van der Waals surface area (Å²) < 4.78 is 45.1. The number of furan rings is 1. The normalized spacial score (nSPS) is 21.3. The quantitative estimate of drug-likeness (QED) is 0.659. The Hall–Kier alpha value is -3.50. The molecule has 2 aromatic rings. The highest BCUT2D eigenvalue weighted by Gasteiger charge is 2.51. The number of alkyl halides is 3. The first-order chi connectivity index (χ1) is 15.6. The summed E-state index contributed by atoms with van der Waals surface area (Å²) >= 11 is 0. The van der Waals surface area contributed by atoms with Crippen LogP contribution in [-0.2, 0) is 21.3 Å². The molecule has 0 saturated carbocycles. The van der Waals surface area contributed by atoms with Gasteiger partial charge in [-0.25, -0.2) is 4.79 Å². The number of imide groups is 1. The van der Waals surface area contributed by atoms with E-state index >= 15 is 0 Å². The predicted molar refractivity (Wildman–Crippen MR) is 112 cm³/mol. The lowest BCUT2D eigenvalue weighted by atomic mass is 9.99. The third kappa shape index (κ3) is 4.39. The van der Waals surface area contributed by atoms with Crippen molar-refractivity contribution in [2.45, 2.75) is 37.9 Å². The van der Waals surface area contributed by atoms with Crippen LogP contribution < -0.4 is 15.5 Å². The smallest absolute Gasteiger partial charge is 0.416 e. The fraction of sp³-hybridized carbons (Fsp3) is 0.409. The number of anilines is 2. The standard InChI is InChI=1S/C22H23F3N4O4/c1-21(17-6-5-11-33-17)19(31)29(20(32)27-21)13-18(30)26-15-12-14(22(23,24)25)7-8-16(15)28-9-3-2-4-10-28/h5-8,11-12H,2-4,9-10,13H2,1H3,(H,26,30)(H,27,32)/t21-/m0/s1. The number of benzene rings is 1. The van der Waals surface area contributed by atoms with Gasteiger partial charge in [0.25, 0.3) is 5.91 Å². The molecule has 11 heteroatoms. The van der Waals surface area contributed by atoms with Crippen LogP contribution in [0.25, 0.3) is 0 Å². The minimum atomic E-state index is -4.59. The van der Waals surface area contributed by atoms with Gasteiger partial charge in [-0.15, -0.1) is 0 Å². The molecule has 0 unspecified atom stereocenters. The Morgan fingerprint density at radius 2 is 1.91 bits per heavy atom. The predicted octanol–water partition coefficient (Wildman–Crippen LogP) is 3.69. The highest BCUT2D eigenvalue weighted by Crippen LogP contribution is 2.36. The van der Waals surface area contributed by atoms with Gasteiger partial charge in [0.05, 0.1) is 23.2 Å². The van der Waals surface area contributed by atoms with Crippen LogP contribution in [0.3, 0.4) is 0 Å². The van der Waals surface area contributed by atoms with Crippen LogP contribution in [0, 0.1) is 0 Å². The van der Waals surface area contributed by atoms with Crippen LogP contribution in [0.2, 0.25) is 0 Å². The molecular weight excluding hydrogens is 441 g/mol. The number of hydrogen-bond donors (Lipinski definition) is 2. The number of nitrogens with one attached hydrogen (secondary N) is 2. The summed E-state index contributed by atoms with van der Waals surface area (Å²) in [5.41, 5.74) is -1.93. The van der Waals surface area contributed by atoms with Gasteiger partial charge in [0.1, 0.15) is 12.3 Å². The summed E-state index contributed by atoms with van der Waals surface area (Å²) in [6.45, 7) is 2.10. The van der Waals surface area contributed by atoms with E-state index in [9.17, 15) is 27.6 Å². The third-order valence-electron chi connectivity index (χ3n) is 5.89. The molecule has 2 saturated heterocycles. The Bertz CT molecular complexity index is 1060. The largest absolute Gasteiger partial charge is 0.466 e. The zero-order valence-corrected chi connectivity index (χ0v) is 17.9. The van der Waals surface area contributed by atoms with Gasteiger partial charge >= 0.3 is 12.2 Å². The van der Waals surface area contributed by atoms with Crippen LogP contribution in [0.1, 0.15) is 37.5 Å². The molecule has 0 radical (unpaired) electrons. The summed E-state index contributed by atoms with van der Waals surface area (Å²) in [6.07, 6.45) is -0.426. The van der Waals surface area contributed by atoms with E-state index in [4.69, 9.17) is 4.42 Å². The maximum atomic E-state index is 13.3. The molecule has 176 valence electrons. The second kappa shape index (κ2) is 8.45. The van der Waals surface area contributed by atoms with Gasteiger partial charge in [-0.1, -0.05) is 0 Å². The van der Waals surface area contributed by atoms with Gasteiger partial charge < -0.3 is 20.0 Å². The van der Waals surface area contributed by atoms with E-state index in [2.05, 4.69) is 10.6 Å². The number of carbonyl (C=O) groups is 3. The topological polar surface area (TPSA) is 94.9 Å². The summed E-state index contributed by atoms with van der Waals surface area (Å²) in [5, 5.41) is 4.97. The van der Waals surface area contributed by atoms with Crippen LogP contribution >= 0.6 is 0 Å². The molecule has 2 N–H and O–H groups in total. The van der Waals surface area contributed by atoms with Crippen molar-refractivity contribution in [1.82, 2.24) is 10.2 Å². The van der Waals surface area contributed by atoms with Gasteiger partial charge in [-0.05, 0) is 56.5 Å². The Morgan fingerprint density at radius 3 is 2.55 bits per heavy atom. The molecule has 0 aliphatic carbocycles. The monoisotopic (exact) mass is 464 g/mol. The summed E-state index contributed by atoms with van der Waals surface area (Å²) in [7, 11) is 0. The fourth-order valence-electron chi connectivity index (χ4n) is 4.13. The highest BCUT2D eigenvalue weighted by atomic mass is 19.4. The minimum absolute atomic E-state index is 0.0161. The van der Waals surface area contributed by atoms with Crippen molar-refractivity contribution in [3.8, 4) is 0 Å². The first-order valence-corrected chi connectivity index (χ1v) is 10.5. The molecule has 2 fully saturated rings. The second-order valence-electron chi connectivity index (χ2n) is 8.25. The number of amides is 4. The van der Waals surface area contributed by atoms with E-state index in [0.29, 0.717) is 23.7 Å². The van der Waals surface area contributed by atoms with Gasteiger partial charge in [0.15, 0.2) is 5.54 Å². The van der Waals surface area contributed by atoms with Crippen molar-refractivity contribution in [3.05, 3.63) is 47.9 Å². The molecule has 1 atom stereocenters. The first-order valence-electron chi connectivity index (χ1n) is 10.5. The summed E-state index contributed by atoms with van der Waals surface area (Å²) in [5.74, 6) is -1.29. The molecule has 1 aromatic carbocycles. The molecule has 2 aliphatic heterocycles. The maximum Gasteiger partial charge on any atom is 0.416 e. The van der Waals surface area contributed by atoms with Gasteiger partial charge in [0, 0.05) is 13.1 Å². The van der Waals surface area contributed by atoms with Crippen molar-refractivity contribution in [2.75, 3.05) is 29.9 Å². The Balaban J connectivity index is 1.55. The van der Waals surface area contributed by atoms with Gasteiger partial charge in [-0.2, -0.15) is 13.2 Å². The van der Waals surface area contributed by atoms with E-state index in [1.54, 1.807) is 6.07 Å². The van der Waals surface area contributed by atoms with E-state index in [1.807, 2.05) is 4.90 Å². The first kappa shape index (κ1) is 22.7. The van der Waals surface area contributed by atoms with Gasteiger partial charge in [-0.3, -0.25) is 14.5 Å². The number of rotatable bonds is 5. The summed E-state index contributed by atoms with van der Waals surface area (Å²) in [6, 6.07) is 5.48. The number of nitrogens with zero attached hydrogens (tertiary/aromatic N) is 2. The average Bonchev–Trinajstić information content (AvgIpc) is 3.38. The van der Waals surface area contributed by atoms with Crippen LogP contribution in [0.5, 0.6) is 0 Å². The molecule has 3 heterocycles. The molecule has 4 amide bonds. The van der Waals surface area contributed by atoms with E-state index in [1.165, 1.54) is 25.3 Å². The average molecular weight is 464 g/mol. The number of halogens is 3. The SMILES string of the molecule is C[C@@]1(c2ccco2)NC(=O)N(CC(=O)Nc2cc(C(F)(F)F)ccc2N2CCCCC2)C1=O. The Labute approximate surface area is 187 Å². The molecule has 0 spiro atoms. The van der Waals surface area contributed by atoms with E-state index < -0.39 is 41.7 Å². The number of piperidine rings is 1.